The number of amides is 1. The number of anilines is 2. The third-order valence-electron chi connectivity index (χ3n) is 2.41. The molecule has 0 fully saturated rings. The van der Waals surface area contributed by atoms with Gasteiger partial charge in [0.05, 0.1) is 21.3 Å². The summed E-state index contributed by atoms with van der Waals surface area (Å²) in [4.78, 5) is 15.4. The highest BCUT2D eigenvalue weighted by Gasteiger charge is 2.17. The number of hydrogen-bond donors (Lipinski definition) is 2. The quantitative estimate of drug-likeness (QED) is 0.890. The average molecular weight is 318 g/mol. The van der Waals surface area contributed by atoms with Gasteiger partial charge in [-0.05, 0) is 18.2 Å². The molecule has 0 aliphatic carbocycles. The van der Waals surface area contributed by atoms with Crippen molar-refractivity contribution in [2.75, 3.05) is 11.1 Å². The van der Waals surface area contributed by atoms with Crippen molar-refractivity contribution in [3.8, 4) is 0 Å². The van der Waals surface area contributed by atoms with Crippen LogP contribution in [0.25, 0.3) is 0 Å². The summed E-state index contributed by atoms with van der Waals surface area (Å²) in [5, 5.41) is 2.09. The first-order chi connectivity index (χ1) is 9.40. The standard InChI is InChI=1S/C12H7Cl2F2N3O/c13-7-3-5(15)4-8(14)10(7)19-12(20)6-1-2-18-11(17)9(6)16/h1-4H,(H2,17,18)(H,19,20). The topological polar surface area (TPSA) is 68.0 Å². The van der Waals surface area contributed by atoms with Crippen LogP contribution in [0.15, 0.2) is 24.4 Å². The first-order valence-electron chi connectivity index (χ1n) is 5.26. The van der Waals surface area contributed by atoms with Crippen molar-refractivity contribution >= 4 is 40.6 Å². The van der Waals surface area contributed by atoms with E-state index in [9.17, 15) is 13.6 Å². The summed E-state index contributed by atoms with van der Waals surface area (Å²) < 4.78 is 26.7. The number of nitrogens with two attached hydrogens (primary N) is 1. The van der Waals surface area contributed by atoms with Gasteiger partial charge < -0.3 is 11.1 Å². The lowest BCUT2D eigenvalue weighted by Crippen LogP contribution is -2.16. The maximum absolute atomic E-state index is 13.6. The maximum atomic E-state index is 13.6. The molecular formula is C12H7Cl2F2N3O. The Balaban J connectivity index is 2.36. The number of nitrogens with one attached hydrogen (secondary N) is 1. The Labute approximate surface area is 122 Å². The fourth-order valence-corrected chi connectivity index (χ4v) is 2.03. The number of hydrogen-bond acceptors (Lipinski definition) is 3. The van der Waals surface area contributed by atoms with E-state index in [4.69, 9.17) is 28.9 Å². The number of benzene rings is 1. The number of carbonyl (C=O) groups excluding carboxylic acids is 1. The summed E-state index contributed by atoms with van der Waals surface area (Å²) in [5.41, 5.74) is 4.92. The molecule has 4 nitrogen and oxygen atoms in total. The second kappa shape index (κ2) is 5.60. The molecule has 104 valence electrons. The Hall–Kier alpha value is -1.92. The van der Waals surface area contributed by atoms with E-state index in [1.807, 2.05) is 0 Å². The van der Waals surface area contributed by atoms with E-state index in [2.05, 4.69) is 10.3 Å². The van der Waals surface area contributed by atoms with Crippen molar-refractivity contribution in [3.05, 3.63) is 51.6 Å². The molecule has 0 saturated carbocycles. The number of carbonyl (C=O) groups is 1. The highest BCUT2D eigenvalue weighted by molar-refractivity contribution is 6.40. The smallest absolute Gasteiger partial charge is 0.258 e. The van der Waals surface area contributed by atoms with Crippen molar-refractivity contribution in [1.29, 1.82) is 0 Å². The third-order valence-corrected chi connectivity index (χ3v) is 3.00. The number of rotatable bonds is 2. The van der Waals surface area contributed by atoms with Crippen LogP contribution < -0.4 is 11.1 Å². The molecule has 8 heteroatoms. The normalized spacial score (nSPS) is 10.4. The molecule has 0 bridgehead atoms. The van der Waals surface area contributed by atoms with Crippen LogP contribution in [0.2, 0.25) is 10.0 Å². The minimum atomic E-state index is -0.959. The minimum Gasteiger partial charge on any atom is -0.381 e. The summed E-state index contributed by atoms with van der Waals surface area (Å²) >= 11 is 11.5. The van der Waals surface area contributed by atoms with E-state index < -0.39 is 23.4 Å². The Kier molecular flexibility index (Phi) is 4.06. The molecule has 0 aliphatic heterocycles. The van der Waals surface area contributed by atoms with E-state index in [0.29, 0.717) is 0 Å². The molecule has 3 N–H and O–H groups in total. The van der Waals surface area contributed by atoms with Crippen LogP contribution in [0.3, 0.4) is 0 Å². The molecular weight excluding hydrogens is 311 g/mol. The van der Waals surface area contributed by atoms with Crippen LogP contribution in [-0.2, 0) is 0 Å². The van der Waals surface area contributed by atoms with Crippen LogP contribution in [-0.4, -0.2) is 10.9 Å². The molecule has 0 spiro atoms. The van der Waals surface area contributed by atoms with E-state index in [1.165, 1.54) is 6.20 Å². The lowest BCUT2D eigenvalue weighted by Gasteiger charge is -2.10. The Morgan fingerprint density at radius 2 is 1.85 bits per heavy atom. The van der Waals surface area contributed by atoms with Crippen molar-refractivity contribution in [1.82, 2.24) is 4.98 Å². The van der Waals surface area contributed by atoms with Crippen LogP contribution in [0, 0.1) is 11.6 Å². The molecule has 1 aromatic carbocycles. The molecule has 0 radical (unpaired) electrons. The van der Waals surface area contributed by atoms with E-state index >= 15 is 0 Å². The molecule has 0 saturated heterocycles. The average Bonchev–Trinajstić information content (AvgIpc) is 2.36. The lowest BCUT2D eigenvalue weighted by atomic mass is 10.2. The molecule has 0 aliphatic rings. The highest BCUT2D eigenvalue weighted by Crippen LogP contribution is 2.31. The molecule has 0 atom stereocenters. The highest BCUT2D eigenvalue weighted by atomic mass is 35.5. The van der Waals surface area contributed by atoms with Gasteiger partial charge in [0.15, 0.2) is 11.6 Å². The number of nitrogen functional groups attached to an aromatic ring is 1. The SMILES string of the molecule is Nc1nccc(C(=O)Nc2c(Cl)cc(F)cc2Cl)c1F. The minimum absolute atomic E-state index is 0.0190. The predicted molar refractivity (Wildman–Crippen MR) is 73.0 cm³/mol. The Morgan fingerprint density at radius 3 is 2.45 bits per heavy atom. The van der Waals surface area contributed by atoms with Crippen molar-refractivity contribution < 1.29 is 13.6 Å². The van der Waals surface area contributed by atoms with Crippen LogP contribution >= 0.6 is 23.2 Å². The van der Waals surface area contributed by atoms with Gasteiger partial charge in [0.1, 0.15) is 5.82 Å². The number of nitrogens with zero attached hydrogens (tertiary/aromatic N) is 1. The van der Waals surface area contributed by atoms with Gasteiger partial charge in [0, 0.05) is 6.20 Å². The zero-order chi connectivity index (χ0) is 14.9. The van der Waals surface area contributed by atoms with Crippen molar-refractivity contribution in [3.63, 3.8) is 0 Å². The molecule has 1 heterocycles. The van der Waals surface area contributed by atoms with Gasteiger partial charge in [-0.25, -0.2) is 13.8 Å². The van der Waals surface area contributed by atoms with E-state index in [1.54, 1.807) is 0 Å². The Bertz CT molecular complexity index is 671. The van der Waals surface area contributed by atoms with Crippen LogP contribution in [0.4, 0.5) is 20.3 Å². The second-order valence-corrected chi connectivity index (χ2v) is 4.57. The zero-order valence-corrected chi connectivity index (χ0v) is 11.3. The zero-order valence-electron chi connectivity index (χ0n) is 9.75. The maximum Gasteiger partial charge on any atom is 0.258 e. The van der Waals surface area contributed by atoms with E-state index in [0.717, 1.165) is 18.2 Å². The predicted octanol–water partition coefficient (Wildman–Crippen LogP) is 3.50. The summed E-state index contributed by atoms with van der Waals surface area (Å²) in [7, 11) is 0. The van der Waals surface area contributed by atoms with Gasteiger partial charge in [-0.3, -0.25) is 4.79 Å². The summed E-state index contributed by atoms with van der Waals surface area (Å²) in [6, 6.07) is 3.09. The summed E-state index contributed by atoms with van der Waals surface area (Å²) in [6.45, 7) is 0. The van der Waals surface area contributed by atoms with Crippen LogP contribution in [0.5, 0.6) is 0 Å². The largest absolute Gasteiger partial charge is 0.381 e. The van der Waals surface area contributed by atoms with E-state index in [-0.39, 0.29) is 21.3 Å². The van der Waals surface area contributed by atoms with Crippen LogP contribution in [0.1, 0.15) is 10.4 Å². The van der Waals surface area contributed by atoms with Gasteiger partial charge in [-0.1, -0.05) is 23.2 Å². The summed E-state index contributed by atoms with van der Waals surface area (Å²) in [5.74, 6) is -2.85. The van der Waals surface area contributed by atoms with Crippen molar-refractivity contribution in [2.24, 2.45) is 0 Å². The summed E-state index contributed by atoms with van der Waals surface area (Å²) in [6.07, 6.45) is 1.18. The number of aromatic nitrogens is 1. The molecule has 2 rings (SSSR count). The second-order valence-electron chi connectivity index (χ2n) is 3.76. The first kappa shape index (κ1) is 14.5. The number of pyridine rings is 1. The van der Waals surface area contributed by atoms with Crippen molar-refractivity contribution in [2.45, 2.75) is 0 Å². The van der Waals surface area contributed by atoms with Gasteiger partial charge in [-0.2, -0.15) is 0 Å². The molecule has 2 aromatic rings. The Morgan fingerprint density at radius 1 is 1.25 bits per heavy atom. The molecule has 1 amide bonds. The van der Waals surface area contributed by atoms with Gasteiger partial charge >= 0.3 is 0 Å². The fraction of sp³-hybridized carbons (Fsp3) is 0. The number of halogens is 4. The molecule has 1 aromatic heterocycles. The molecule has 20 heavy (non-hydrogen) atoms. The monoisotopic (exact) mass is 317 g/mol. The third kappa shape index (κ3) is 2.81. The van der Waals surface area contributed by atoms with Gasteiger partial charge in [0.25, 0.3) is 5.91 Å². The first-order valence-corrected chi connectivity index (χ1v) is 6.01. The fourth-order valence-electron chi connectivity index (χ4n) is 1.48. The lowest BCUT2D eigenvalue weighted by molar-refractivity contribution is 0.102. The molecule has 0 unspecified atom stereocenters. The van der Waals surface area contributed by atoms with Gasteiger partial charge in [-0.15, -0.1) is 0 Å². The van der Waals surface area contributed by atoms with Gasteiger partial charge in [0.2, 0.25) is 0 Å².